The fourth-order valence-electron chi connectivity index (χ4n) is 3.62. The van der Waals surface area contributed by atoms with Crippen molar-refractivity contribution in [3.8, 4) is 5.88 Å². The number of thioether (sulfide) groups is 1. The molecule has 2 saturated heterocycles. The van der Waals surface area contributed by atoms with Crippen LogP contribution < -0.4 is 19.9 Å². The predicted octanol–water partition coefficient (Wildman–Crippen LogP) is 2.29. The molecule has 1 amide bonds. The van der Waals surface area contributed by atoms with Crippen molar-refractivity contribution in [3.05, 3.63) is 30.7 Å². The van der Waals surface area contributed by atoms with Crippen LogP contribution in [0.15, 0.2) is 30.7 Å². The zero-order valence-electron chi connectivity index (χ0n) is 16.6. The molecule has 0 spiro atoms. The number of nitrogens with zero attached hydrogens (tertiary/aromatic N) is 5. The third kappa shape index (κ3) is 4.90. The SMILES string of the molecule is COc1ccc(NC(=O)C2CCN(c3cnc(N4CCSCC4)nc3)CC2)cn1. The molecular weight excluding hydrogens is 388 g/mol. The highest BCUT2D eigenvalue weighted by atomic mass is 32.2. The molecule has 0 radical (unpaired) electrons. The predicted molar refractivity (Wildman–Crippen MR) is 116 cm³/mol. The lowest BCUT2D eigenvalue weighted by Crippen LogP contribution is -2.38. The fourth-order valence-corrected chi connectivity index (χ4v) is 4.53. The fraction of sp³-hybridized carbons (Fsp3) is 0.500. The molecule has 0 atom stereocenters. The third-order valence-corrected chi connectivity index (χ3v) is 6.30. The molecule has 2 fully saturated rings. The Balaban J connectivity index is 1.28. The van der Waals surface area contributed by atoms with Gasteiger partial charge in [-0.2, -0.15) is 11.8 Å². The zero-order chi connectivity index (χ0) is 20.1. The molecule has 2 aliphatic rings. The number of methoxy groups -OCH3 is 1. The van der Waals surface area contributed by atoms with Gasteiger partial charge in [0.15, 0.2) is 0 Å². The molecule has 29 heavy (non-hydrogen) atoms. The van der Waals surface area contributed by atoms with E-state index in [1.807, 2.05) is 24.2 Å². The van der Waals surface area contributed by atoms with Crippen molar-refractivity contribution in [1.29, 1.82) is 0 Å². The number of amides is 1. The Hall–Kier alpha value is -2.55. The van der Waals surface area contributed by atoms with E-state index in [0.29, 0.717) is 11.6 Å². The Kier molecular flexibility index (Phi) is 6.33. The molecule has 154 valence electrons. The van der Waals surface area contributed by atoms with Gasteiger partial charge >= 0.3 is 0 Å². The maximum atomic E-state index is 12.6. The van der Waals surface area contributed by atoms with E-state index < -0.39 is 0 Å². The van der Waals surface area contributed by atoms with E-state index in [4.69, 9.17) is 4.74 Å². The largest absolute Gasteiger partial charge is 0.481 e. The molecular formula is C20H26N6O2S. The van der Waals surface area contributed by atoms with Gasteiger partial charge in [0.1, 0.15) is 0 Å². The van der Waals surface area contributed by atoms with Crippen LogP contribution in [0.2, 0.25) is 0 Å². The van der Waals surface area contributed by atoms with Crippen molar-refractivity contribution in [2.75, 3.05) is 59.9 Å². The van der Waals surface area contributed by atoms with E-state index in [1.165, 1.54) is 0 Å². The molecule has 1 N–H and O–H groups in total. The van der Waals surface area contributed by atoms with E-state index >= 15 is 0 Å². The van der Waals surface area contributed by atoms with Gasteiger partial charge in [0.05, 0.1) is 37.1 Å². The standard InChI is InChI=1S/C20H26N6O2S/c1-28-18-3-2-16(12-21-18)24-19(27)15-4-6-25(7-5-15)17-13-22-20(23-14-17)26-8-10-29-11-9-26/h2-3,12-15H,4-11H2,1H3,(H,24,27). The van der Waals surface area contributed by atoms with Crippen molar-refractivity contribution in [1.82, 2.24) is 15.0 Å². The first-order valence-electron chi connectivity index (χ1n) is 9.93. The van der Waals surface area contributed by atoms with Crippen LogP contribution in [0.4, 0.5) is 17.3 Å². The topological polar surface area (TPSA) is 83.5 Å². The monoisotopic (exact) mass is 414 g/mol. The van der Waals surface area contributed by atoms with Crippen molar-refractivity contribution < 1.29 is 9.53 Å². The molecule has 9 heteroatoms. The highest BCUT2D eigenvalue weighted by molar-refractivity contribution is 7.99. The molecule has 2 aromatic heterocycles. The number of piperidine rings is 1. The van der Waals surface area contributed by atoms with Gasteiger partial charge in [-0.25, -0.2) is 15.0 Å². The highest BCUT2D eigenvalue weighted by Gasteiger charge is 2.26. The molecule has 8 nitrogen and oxygen atoms in total. The maximum Gasteiger partial charge on any atom is 0.227 e. The van der Waals surface area contributed by atoms with Crippen LogP contribution >= 0.6 is 11.8 Å². The lowest BCUT2D eigenvalue weighted by Gasteiger charge is -2.33. The Bertz CT molecular complexity index is 803. The Morgan fingerprint density at radius 2 is 1.76 bits per heavy atom. The molecule has 0 aromatic carbocycles. The normalized spacial score (nSPS) is 17.8. The smallest absolute Gasteiger partial charge is 0.227 e. The zero-order valence-corrected chi connectivity index (χ0v) is 17.4. The van der Waals surface area contributed by atoms with Crippen LogP contribution in [0, 0.1) is 5.92 Å². The summed E-state index contributed by atoms with van der Waals surface area (Å²) in [7, 11) is 1.57. The summed E-state index contributed by atoms with van der Waals surface area (Å²) >= 11 is 1.98. The maximum absolute atomic E-state index is 12.6. The number of aromatic nitrogens is 3. The molecule has 4 rings (SSSR count). The van der Waals surface area contributed by atoms with Crippen LogP contribution in [0.1, 0.15) is 12.8 Å². The minimum absolute atomic E-state index is 0.000562. The van der Waals surface area contributed by atoms with Gasteiger partial charge in [-0.05, 0) is 18.9 Å². The van der Waals surface area contributed by atoms with Gasteiger partial charge in [-0.15, -0.1) is 0 Å². The minimum Gasteiger partial charge on any atom is -0.481 e. The number of anilines is 3. The first-order valence-corrected chi connectivity index (χ1v) is 11.1. The molecule has 2 aromatic rings. The summed E-state index contributed by atoms with van der Waals surface area (Å²) in [5.41, 5.74) is 1.72. The summed E-state index contributed by atoms with van der Waals surface area (Å²) in [5, 5.41) is 2.95. The summed E-state index contributed by atoms with van der Waals surface area (Å²) in [6.45, 7) is 3.66. The van der Waals surface area contributed by atoms with Crippen molar-refractivity contribution in [3.63, 3.8) is 0 Å². The van der Waals surface area contributed by atoms with E-state index in [1.54, 1.807) is 25.4 Å². The Morgan fingerprint density at radius 3 is 2.38 bits per heavy atom. The number of hydrogen-bond donors (Lipinski definition) is 1. The minimum atomic E-state index is -0.000562. The van der Waals surface area contributed by atoms with Crippen LogP contribution in [0.25, 0.3) is 0 Å². The number of carbonyl (C=O) groups excluding carboxylic acids is 1. The van der Waals surface area contributed by atoms with Crippen LogP contribution in [-0.4, -0.2) is 65.7 Å². The second-order valence-corrected chi connectivity index (χ2v) is 8.41. The van der Waals surface area contributed by atoms with Gasteiger partial charge in [0.2, 0.25) is 17.7 Å². The summed E-state index contributed by atoms with van der Waals surface area (Å²) in [6.07, 6.45) is 7.05. The number of carbonyl (C=O) groups is 1. The number of nitrogens with one attached hydrogen (secondary N) is 1. The van der Waals surface area contributed by atoms with E-state index in [-0.39, 0.29) is 11.8 Å². The van der Waals surface area contributed by atoms with Crippen molar-refractivity contribution in [2.45, 2.75) is 12.8 Å². The van der Waals surface area contributed by atoms with Crippen molar-refractivity contribution in [2.24, 2.45) is 5.92 Å². The number of pyridine rings is 1. The van der Waals surface area contributed by atoms with Gasteiger partial charge in [-0.1, -0.05) is 0 Å². The quantitative estimate of drug-likeness (QED) is 0.798. The second kappa shape index (κ2) is 9.30. The highest BCUT2D eigenvalue weighted by Crippen LogP contribution is 2.25. The molecule has 2 aliphatic heterocycles. The summed E-state index contributed by atoms with van der Waals surface area (Å²) in [5.74, 6) is 3.66. The number of hydrogen-bond acceptors (Lipinski definition) is 8. The van der Waals surface area contributed by atoms with E-state index in [9.17, 15) is 4.79 Å². The number of rotatable bonds is 5. The first-order chi connectivity index (χ1) is 14.2. The molecule has 0 bridgehead atoms. The molecule has 4 heterocycles. The molecule has 0 saturated carbocycles. The summed E-state index contributed by atoms with van der Waals surface area (Å²) < 4.78 is 5.04. The average molecular weight is 415 g/mol. The lowest BCUT2D eigenvalue weighted by molar-refractivity contribution is -0.120. The Morgan fingerprint density at radius 1 is 1.03 bits per heavy atom. The van der Waals surface area contributed by atoms with Gasteiger partial charge < -0.3 is 19.9 Å². The average Bonchev–Trinajstić information content (AvgIpc) is 2.80. The first kappa shape index (κ1) is 19.8. The van der Waals surface area contributed by atoms with Crippen LogP contribution in [-0.2, 0) is 4.79 Å². The van der Waals surface area contributed by atoms with Gasteiger partial charge in [0, 0.05) is 49.7 Å². The molecule has 0 unspecified atom stereocenters. The van der Waals surface area contributed by atoms with Gasteiger partial charge in [-0.3, -0.25) is 4.79 Å². The third-order valence-electron chi connectivity index (χ3n) is 5.36. The van der Waals surface area contributed by atoms with Gasteiger partial charge in [0.25, 0.3) is 0 Å². The van der Waals surface area contributed by atoms with Crippen LogP contribution in [0.3, 0.4) is 0 Å². The lowest BCUT2D eigenvalue weighted by atomic mass is 9.95. The van der Waals surface area contributed by atoms with E-state index in [0.717, 1.165) is 62.2 Å². The van der Waals surface area contributed by atoms with E-state index in [2.05, 4.69) is 30.1 Å². The van der Waals surface area contributed by atoms with Crippen molar-refractivity contribution >= 4 is 35.0 Å². The Labute approximate surface area is 175 Å². The second-order valence-electron chi connectivity index (χ2n) is 7.18. The number of ether oxygens (including phenoxy) is 1. The summed E-state index contributed by atoms with van der Waals surface area (Å²) in [6, 6.07) is 3.55. The molecule has 0 aliphatic carbocycles. The summed E-state index contributed by atoms with van der Waals surface area (Å²) in [4.78, 5) is 30.3. The van der Waals surface area contributed by atoms with Crippen LogP contribution in [0.5, 0.6) is 5.88 Å².